The van der Waals surface area contributed by atoms with Gasteiger partial charge >= 0.3 is 0 Å². The molecule has 2 fully saturated rings. The molecular weight excluding hydrogens is 230 g/mol. The zero-order valence-electron chi connectivity index (χ0n) is 11.5. The van der Waals surface area contributed by atoms with Crippen LogP contribution in [0.2, 0.25) is 0 Å². The summed E-state index contributed by atoms with van der Waals surface area (Å²) in [4.78, 5) is 0. The quantitative estimate of drug-likeness (QED) is 0.762. The van der Waals surface area contributed by atoms with Crippen molar-refractivity contribution in [3.8, 4) is 0 Å². The van der Waals surface area contributed by atoms with Crippen LogP contribution in [0.5, 0.6) is 0 Å². The van der Waals surface area contributed by atoms with Gasteiger partial charge in [0.1, 0.15) is 0 Å². The zero-order chi connectivity index (χ0) is 12.8. The summed E-state index contributed by atoms with van der Waals surface area (Å²) >= 11 is 0. The van der Waals surface area contributed by atoms with E-state index in [-0.39, 0.29) is 11.6 Å². The normalized spacial score (nSPS) is 29.3. The van der Waals surface area contributed by atoms with Crippen molar-refractivity contribution >= 4 is 0 Å². The van der Waals surface area contributed by atoms with E-state index in [9.17, 15) is 0 Å². The minimum absolute atomic E-state index is 0.0452. The average molecular weight is 257 g/mol. The molecule has 2 aliphatic heterocycles. The Hall–Kier alpha value is -0.160. The van der Waals surface area contributed by atoms with E-state index in [2.05, 4.69) is 6.92 Å². The summed E-state index contributed by atoms with van der Waals surface area (Å²) in [6, 6.07) is 0.153. The second-order valence-corrected chi connectivity index (χ2v) is 5.64. The van der Waals surface area contributed by atoms with Crippen molar-refractivity contribution in [3.05, 3.63) is 0 Å². The molecule has 2 rings (SSSR count). The van der Waals surface area contributed by atoms with Crippen molar-refractivity contribution in [3.63, 3.8) is 0 Å². The predicted octanol–water partition coefficient (Wildman–Crippen LogP) is 1.72. The number of rotatable bonds is 5. The Labute approximate surface area is 110 Å². The molecule has 4 nitrogen and oxygen atoms in total. The van der Waals surface area contributed by atoms with E-state index >= 15 is 0 Å². The third kappa shape index (κ3) is 3.67. The van der Waals surface area contributed by atoms with Gasteiger partial charge in [0.25, 0.3) is 0 Å². The first-order valence-corrected chi connectivity index (χ1v) is 7.31. The Balaban J connectivity index is 1.81. The predicted molar refractivity (Wildman–Crippen MR) is 70.5 cm³/mol. The summed E-state index contributed by atoms with van der Waals surface area (Å²) in [6.07, 6.45) is 5.24. The van der Waals surface area contributed by atoms with Crippen LogP contribution < -0.4 is 5.73 Å². The van der Waals surface area contributed by atoms with Gasteiger partial charge in [-0.25, -0.2) is 0 Å². The molecule has 2 N–H and O–H groups in total. The number of nitrogens with two attached hydrogens (primary N) is 1. The highest BCUT2D eigenvalue weighted by atomic mass is 16.5. The average Bonchev–Trinajstić information content (AvgIpc) is 2.40. The molecule has 2 saturated heterocycles. The fraction of sp³-hybridized carbons (Fsp3) is 1.00. The van der Waals surface area contributed by atoms with Crippen LogP contribution in [0.3, 0.4) is 0 Å². The minimum Gasteiger partial charge on any atom is -0.381 e. The lowest BCUT2D eigenvalue weighted by atomic mass is 9.78. The number of ether oxygens (including phenoxy) is 3. The summed E-state index contributed by atoms with van der Waals surface area (Å²) in [7, 11) is 0. The Morgan fingerprint density at radius 2 is 2.11 bits per heavy atom. The third-order valence-electron chi connectivity index (χ3n) is 4.20. The first kappa shape index (κ1) is 14.3. The van der Waals surface area contributed by atoms with Gasteiger partial charge in [-0.05, 0) is 38.0 Å². The lowest BCUT2D eigenvalue weighted by molar-refractivity contribution is -0.150. The van der Waals surface area contributed by atoms with Gasteiger partial charge in [0.2, 0.25) is 0 Å². The van der Waals surface area contributed by atoms with Crippen molar-refractivity contribution in [1.29, 1.82) is 0 Å². The molecule has 0 bridgehead atoms. The van der Waals surface area contributed by atoms with E-state index in [1.54, 1.807) is 0 Å². The second-order valence-electron chi connectivity index (χ2n) is 5.64. The maximum atomic E-state index is 6.27. The molecule has 0 saturated carbocycles. The highest BCUT2D eigenvalue weighted by Crippen LogP contribution is 2.37. The molecule has 0 aromatic heterocycles. The zero-order valence-corrected chi connectivity index (χ0v) is 11.5. The van der Waals surface area contributed by atoms with E-state index in [4.69, 9.17) is 19.9 Å². The highest BCUT2D eigenvalue weighted by Gasteiger charge is 2.40. The summed E-state index contributed by atoms with van der Waals surface area (Å²) in [6.45, 7) is 6.12. The van der Waals surface area contributed by atoms with E-state index < -0.39 is 0 Å². The van der Waals surface area contributed by atoms with Crippen molar-refractivity contribution in [2.24, 2.45) is 11.7 Å². The number of hydrogen-bond acceptors (Lipinski definition) is 4. The summed E-state index contributed by atoms with van der Waals surface area (Å²) in [5.74, 6) is 0.536. The molecule has 0 aromatic carbocycles. The lowest BCUT2D eigenvalue weighted by Crippen LogP contribution is -2.49. The van der Waals surface area contributed by atoms with Crippen LogP contribution in [-0.4, -0.2) is 44.7 Å². The van der Waals surface area contributed by atoms with E-state index in [1.165, 1.54) is 0 Å². The van der Waals surface area contributed by atoms with E-state index in [0.29, 0.717) is 12.5 Å². The molecule has 4 heteroatoms. The Bertz CT molecular complexity index is 236. The minimum atomic E-state index is 0.0452. The van der Waals surface area contributed by atoms with Gasteiger partial charge in [-0.15, -0.1) is 0 Å². The number of hydrogen-bond donors (Lipinski definition) is 1. The van der Waals surface area contributed by atoms with Gasteiger partial charge in [0.15, 0.2) is 0 Å². The van der Waals surface area contributed by atoms with Gasteiger partial charge < -0.3 is 19.9 Å². The standard InChI is InChI=1S/C14H27NO3/c1-2-6-17-11-13(15)12-3-7-18-14(10-12)4-8-16-9-5-14/h12-13H,2-11,15H2,1H3. The largest absolute Gasteiger partial charge is 0.381 e. The first-order chi connectivity index (χ1) is 8.76. The van der Waals surface area contributed by atoms with Crippen LogP contribution in [0.25, 0.3) is 0 Å². The van der Waals surface area contributed by atoms with Crippen LogP contribution in [0, 0.1) is 5.92 Å². The van der Waals surface area contributed by atoms with E-state index in [0.717, 1.165) is 58.5 Å². The van der Waals surface area contributed by atoms with Crippen LogP contribution in [-0.2, 0) is 14.2 Å². The molecule has 0 radical (unpaired) electrons. The molecule has 18 heavy (non-hydrogen) atoms. The molecule has 0 aliphatic carbocycles. The molecule has 0 aromatic rings. The fourth-order valence-corrected chi connectivity index (χ4v) is 3.02. The Morgan fingerprint density at radius 1 is 1.33 bits per heavy atom. The summed E-state index contributed by atoms with van der Waals surface area (Å²) in [5, 5.41) is 0. The lowest BCUT2D eigenvalue weighted by Gasteiger charge is -2.44. The van der Waals surface area contributed by atoms with Gasteiger partial charge in [-0.2, -0.15) is 0 Å². The Kier molecular flexibility index (Phi) is 5.42. The molecule has 2 aliphatic rings. The van der Waals surface area contributed by atoms with Crippen molar-refractivity contribution in [1.82, 2.24) is 0 Å². The van der Waals surface area contributed by atoms with Crippen molar-refractivity contribution in [2.45, 2.75) is 50.7 Å². The van der Waals surface area contributed by atoms with Gasteiger partial charge in [0, 0.05) is 32.5 Å². The van der Waals surface area contributed by atoms with Crippen LogP contribution in [0.15, 0.2) is 0 Å². The third-order valence-corrected chi connectivity index (χ3v) is 4.20. The molecule has 2 unspecified atom stereocenters. The van der Waals surface area contributed by atoms with Gasteiger partial charge in [-0.3, -0.25) is 0 Å². The SMILES string of the molecule is CCCOCC(N)C1CCOC2(CCOCC2)C1. The smallest absolute Gasteiger partial charge is 0.0729 e. The molecule has 2 heterocycles. The molecule has 106 valence electrons. The van der Waals surface area contributed by atoms with Crippen LogP contribution >= 0.6 is 0 Å². The topological polar surface area (TPSA) is 53.7 Å². The molecule has 1 spiro atoms. The maximum absolute atomic E-state index is 6.27. The van der Waals surface area contributed by atoms with Crippen molar-refractivity contribution < 1.29 is 14.2 Å². The summed E-state index contributed by atoms with van der Waals surface area (Å²) < 4.78 is 17.1. The Morgan fingerprint density at radius 3 is 2.83 bits per heavy atom. The maximum Gasteiger partial charge on any atom is 0.0729 e. The fourth-order valence-electron chi connectivity index (χ4n) is 3.02. The summed E-state index contributed by atoms with van der Waals surface area (Å²) in [5.41, 5.74) is 6.31. The molecular formula is C14H27NO3. The first-order valence-electron chi connectivity index (χ1n) is 7.31. The van der Waals surface area contributed by atoms with Gasteiger partial charge in [-0.1, -0.05) is 6.92 Å². The van der Waals surface area contributed by atoms with Crippen LogP contribution in [0.1, 0.15) is 39.0 Å². The molecule has 0 amide bonds. The van der Waals surface area contributed by atoms with E-state index in [1.807, 2.05) is 0 Å². The van der Waals surface area contributed by atoms with Crippen LogP contribution in [0.4, 0.5) is 0 Å². The van der Waals surface area contributed by atoms with Gasteiger partial charge in [0.05, 0.1) is 12.2 Å². The van der Waals surface area contributed by atoms with Crippen molar-refractivity contribution in [2.75, 3.05) is 33.0 Å². The molecule has 2 atom stereocenters. The second kappa shape index (κ2) is 6.85. The monoisotopic (exact) mass is 257 g/mol. The highest BCUT2D eigenvalue weighted by molar-refractivity contribution is 4.91.